The van der Waals surface area contributed by atoms with E-state index >= 15 is 0 Å². The van der Waals surface area contributed by atoms with Crippen LogP contribution in [0.5, 0.6) is 0 Å². The van der Waals surface area contributed by atoms with Crippen molar-refractivity contribution in [2.24, 2.45) is 0 Å². The lowest BCUT2D eigenvalue weighted by Gasteiger charge is -2.22. The Morgan fingerprint density at radius 1 is 1.19 bits per heavy atom. The number of carbonyl (C=O) groups is 2. The zero-order valence-corrected chi connectivity index (χ0v) is 12.8. The van der Waals surface area contributed by atoms with E-state index in [0.29, 0.717) is 18.5 Å². The van der Waals surface area contributed by atoms with E-state index in [1.165, 1.54) is 0 Å². The van der Waals surface area contributed by atoms with Gasteiger partial charge in [0.2, 0.25) is 0 Å². The summed E-state index contributed by atoms with van der Waals surface area (Å²) in [5.74, 6) is -1.00. The number of benzene rings is 1. The molecule has 2 N–H and O–H groups in total. The molecule has 0 fully saturated rings. The quantitative estimate of drug-likeness (QED) is 0.686. The first-order chi connectivity index (χ1) is 10.1. The van der Waals surface area contributed by atoms with Crippen LogP contribution in [-0.2, 0) is 4.79 Å². The number of amides is 1. The highest BCUT2D eigenvalue weighted by molar-refractivity contribution is 5.94. The van der Waals surface area contributed by atoms with Gasteiger partial charge in [-0.05, 0) is 44.0 Å². The lowest BCUT2D eigenvalue weighted by molar-refractivity contribution is -0.137. The smallest absolute Gasteiger partial charge is 0.303 e. The molecule has 0 aromatic heterocycles. The molecule has 0 heterocycles. The standard InChI is InChI=1S/C16H24N2O3/c1-3-12-18(4-2)14-9-7-13(8-10-14)16(21)17-11-5-6-15(19)20/h7-10H,3-6,11-12H2,1-2H3,(H,17,21)(H,19,20). The van der Waals surface area contributed by atoms with E-state index in [9.17, 15) is 9.59 Å². The first kappa shape index (κ1) is 17.0. The number of hydrogen-bond donors (Lipinski definition) is 2. The van der Waals surface area contributed by atoms with Crippen molar-refractivity contribution in [2.45, 2.75) is 33.1 Å². The van der Waals surface area contributed by atoms with Gasteiger partial charge in [-0.15, -0.1) is 0 Å². The summed E-state index contributed by atoms with van der Waals surface area (Å²) in [5.41, 5.74) is 1.71. The zero-order chi connectivity index (χ0) is 15.7. The molecule has 0 saturated heterocycles. The van der Waals surface area contributed by atoms with E-state index in [-0.39, 0.29) is 12.3 Å². The number of nitrogens with zero attached hydrogens (tertiary/aromatic N) is 1. The second kappa shape index (κ2) is 9.00. The maximum atomic E-state index is 11.9. The molecule has 0 atom stereocenters. The van der Waals surface area contributed by atoms with E-state index in [4.69, 9.17) is 5.11 Å². The Labute approximate surface area is 126 Å². The zero-order valence-electron chi connectivity index (χ0n) is 12.8. The van der Waals surface area contributed by atoms with Crippen LogP contribution in [0.15, 0.2) is 24.3 Å². The molecule has 5 nitrogen and oxygen atoms in total. The van der Waals surface area contributed by atoms with Gasteiger partial charge in [-0.3, -0.25) is 9.59 Å². The van der Waals surface area contributed by atoms with Gasteiger partial charge >= 0.3 is 5.97 Å². The Bertz CT molecular complexity index is 457. The van der Waals surface area contributed by atoms with Gasteiger partial charge in [0.15, 0.2) is 0 Å². The van der Waals surface area contributed by atoms with Gasteiger partial charge < -0.3 is 15.3 Å². The second-order valence-electron chi connectivity index (χ2n) is 4.88. The van der Waals surface area contributed by atoms with Gasteiger partial charge in [0.05, 0.1) is 0 Å². The van der Waals surface area contributed by atoms with E-state index < -0.39 is 5.97 Å². The summed E-state index contributed by atoms with van der Waals surface area (Å²) in [4.78, 5) is 24.5. The van der Waals surface area contributed by atoms with Gasteiger partial charge in [0.1, 0.15) is 0 Å². The fourth-order valence-electron chi connectivity index (χ4n) is 2.11. The van der Waals surface area contributed by atoms with Crippen molar-refractivity contribution in [1.82, 2.24) is 5.32 Å². The van der Waals surface area contributed by atoms with E-state index in [1.54, 1.807) is 12.1 Å². The summed E-state index contributed by atoms with van der Waals surface area (Å²) in [6.07, 6.45) is 1.60. The molecule has 1 aromatic rings. The summed E-state index contributed by atoms with van der Waals surface area (Å²) >= 11 is 0. The molecule has 1 aromatic carbocycles. The van der Waals surface area contributed by atoms with Gasteiger partial charge in [-0.1, -0.05) is 6.92 Å². The molecule has 0 aliphatic heterocycles. The molecule has 0 saturated carbocycles. The van der Waals surface area contributed by atoms with Gasteiger partial charge in [0.25, 0.3) is 5.91 Å². The Morgan fingerprint density at radius 2 is 1.86 bits per heavy atom. The van der Waals surface area contributed by atoms with Gasteiger partial charge in [-0.25, -0.2) is 0 Å². The molecule has 1 rings (SSSR count). The van der Waals surface area contributed by atoms with Crippen LogP contribution in [0, 0.1) is 0 Å². The third-order valence-electron chi connectivity index (χ3n) is 3.22. The minimum atomic E-state index is -0.843. The summed E-state index contributed by atoms with van der Waals surface area (Å²) in [6.45, 7) is 6.57. The number of carboxylic acids is 1. The monoisotopic (exact) mass is 292 g/mol. The molecule has 1 amide bonds. The molecular formula is C16H24N2O3. The van der Waals surface area contributed by atoms with Crippen molar-refractivity contribution in [2.75, 3.05) is 24.5 Å². The Balaban J connectivity index is 2.52. The predicted octanol–water partition coefficient (Wildman–Crippen LogP) is 2.52. The number of nitrogens with one attached hydrogen (secondary N) is 1. The molecule has 0 bridgehead atoms. The normalized spacial score (nSPS) is 10.2. The van der Waals surface area contributed by atoms with Crippen molar-refractivity contribution in [3.05, 3.63) is 29.8 Å². The summed E-state index contributed by atoms with van der Waals surface area (Å²) in [6, 6.07) is 7.51. The average molecular weight is 292 g/mol. The SMILES string of the molecule is CCCN(CC)c1ccc(C(=O)NCCCC(=O)O)cc1. The van der Waals surface area contributed by atoms with Crippen LogP contribution < -0.4 is 10.2 Å². The third kappa shape index (κ3) is 5.85. The molecule has 0 aliphatic rings. The van der Waals surface area contributed by atoms with Crippen molar-refractivity contribution in [3.63, 3.8) is 0 Å². The van der Waals surface area contributed by atoms with Crippen molar-refractivity contribution < 1.29 is 14.7 Å². The van der Waals surface area contributed by atoms with Crippen LogP contribution in [0.3, 0.4) is 0 Å². The van der Waals surface area contributed by atoms with Crippen LogP contribution in [0.25, 0.3) is 0 Å². The summed E-state index contributed by atoms with van der Waals surface area (Å²) in [5, 5.41) is 11.3. The molecule has 116 valence electrons. The van der Waals surface area contributed by atoms with E-state index in [1.807, 2.05) is 12.1 Å². The number of anilines is 1. The van der Waals surface area contributed by atoms with Crippen molar-refractivity contribution >= 4 is 17.6 Å². The Morgan fingerprint density at radius 3 is 2.38 bits per heavy atom. The first-order valence-corrected chi connectivity index (χ1v) is 7.43. The molecule has 5 heteroatoms. The largest absolute Gasteiger partial charge is 0.481 e. The lowest BCUT2D eigenvalue weighted by Crippen LogP contribution is -2.25. The number of hydrogen-bond acceptors (Lipinski definition) is 3. The van der Waals surface area contributed by atoms with Crippen LogP contribution in [0.2, 0.25) is 0 Å². The fourth-order valence-corrected chi connectivity index (χ4v) is 2.11. The van der Waals surface area contributed by atoms with Crippen molar-refractivity contribution in [3.8, 4) is 0 Å². The number of aliphatic carboxylic acids is 1. The summed E-state index contributed by atoms with van der Waals surface area (Å²) < 4.78 is 0. The highest BCUT2D eigenvalue weighted by Crippen LogP contribution is 2.15. The topological polar surface area (TPSA) is 69.6 Å². The Hall–Kier alpha value is -2.04. The van der Waals surface area contributed by atoms with Gasteiger partial charge in [0, 0.05) is 37.3 Å². The minimum absolute atomic E-state index is 0.0711. The predicted molar refractivity (Wildman–Crippen MR) is 83.8 cm³/mol. The number of carboxylic acid groups (broad SMARTS) is 1. The maximum Gasteiger partial charge on any atom is 0.303 e. The number of rotatable bonds is 9. The van der Waals surface area contributed by atoms with Crippen LogP contribution in [-0.4, -0.2) is 36.6 Å². The van der Waals surface area contributed by atoms with Crippen LogP contribution >= 0.6 is 0 Å². The maximum absolute atomic E-state index is 11.9. The van der Waals surface area contributed by atoms with Gasteiger partial charge in [-0.2, -0.15) is 0 Å². The average Bonchev–Trinajstić information content (AvgIpc) is 2.49. The van der Waals surface area contributed by atoms with E-state index in [2.05, 4.69) is 24.1 Å². The lowest BCUT2D eigenvalue weighted by atomic mass is 10.1. The second-order valence-corrected chi connectivity index (χ2v) is 4.88. The van der Waals surface area contributed by atoms with E-state index in [0.717, 1.165) is 25.2 Å². The molecular weight excluding hydrogens is 268 g/mol. The number of carbonyl (C=O) groups excluding carboxylic acids is 1. The summed E-state index contributed by atoms with van der Waals surface area (Å²) in [7, 11) is 0. The molecule has 0 unspecified atom stereocenters. The van der Waals surface area contributed by atoms with Crippen LogP contribution in [0.1, 0.15) is 43.5 Å². The minimum Gasteiger partial charge on any atom is -0.481 e. The molecule has 21 heavy (non-hydrogen) atoms. The fraction of sp³-hybridized carbons (Fsp3) is 0.500. The van der Waals surface area contributed by atoms with Crippen molar-refractivity contribution in [1.29, 1.82) is 0 Å². The molecule has 0 aliphatic carbocycles. The third-order valence-corrected chi connectivity index (χ3v) is 3.22. The highest BCUT2D eigenvalue weighted by Gasteiger charge is 2.07. The Kier molecular flexibility index (Phi) is 7.29. The molecule has 0 spiro atoms. The van der Waals surface area contributed by atoms with Crippen LogP contribution in [0.4, 0.5) is 5.69 Å². The highest BCUT2D eigenvalue weighted by atomic mass is 16.4. The molecule has 0 radical (unpaired) electrons. The first-order valence-electron chi connectivity index (χ1n) is 7.43.